The van der Waals surface area contributed by atoms with E-state index in [0.717, 1.165) is 12.8 Å². The van der Waals surface area contributed by atoms with E-state index in [-0.39, 0.29) is 24.4 Å². The van der Waals surface area contributed by atoms with Crippen molar-refractivity contribution in [1.82, 2.24) is 0 Å². The molecule has 0 saturated carbocycles. The van der Waals surface area contributed by atoms with E-state index in [4.69, 9.17) is 19.0 Å². The van der Waals surface area contributed by atoms with E-state index < -0.39 is 8.32 Å². The molecule has 0 aromatic carbocycles. The van der Waals surface area contributed by atoms with E-state index in [0.29, 0.717) is 6.42 Å². The Morgan fingerprint density at radius 3 is 2.17 bits per heavy atom. The lowest BCUT2D eigenvalue weighted by Gasteiger charge is -2.32. The molecule has 0 unspecified atom stereocenters. The molecule has 0 spiro atoms. The predicted molar refractivity (Wildman–Crippen MR) is 97.3 cm³/mol. The van der Waals surface area contributed by atoms with Gasteiger partial charge in [-0.3, -0.25) is 0 Å². The van der Waals surface area contributed by atoms with Crippen molar-refractivity contribution in [3.63, 3.8) is 0 Å². The second kappa shape index (κ2) is 7.52. The van der Waals surface area contributed by atoms with Gasteiger partial charge in [-0.1, -0.05) is 11.2 Å². The molecule has 1 fully saturated rings. The van der Waals surface area contributed by atoms with Gasteiger partial charge in [0.2, 0.25) is 8.32 Å². The van der Waals surface area contributed by atoms with Crippen LogP contribution in [0.25, 0.3) is 0 Å². The molecule has 1 rings (SSSR count). The normalized spacial score (nSPS) is 20.9. The van der Waals surface area contributed by atoms with Gasteiger partial charge in [0.05, 0.1) is 17.3 Å². The van der Waals surface area contributed by atoms with Crippen molar-refractivity contribution in [1.29, 1.82) is 5.26 Å². The maximum absolute atomic E-state index is 8.81. The molecule has 0 radical (unpaired) electrons. The summed E-state index contributed by atoms with van der Waals surface area (Å²) in [4.78, 5) is 0. The highest BCUT2D eigenvalue weighted by atomic mass is 28.4. The molecule has 1 heterocycles. The van der Waals surface area contributed by atoms with Gasteiger partial charge in [0.25, 0.3) is 0 Å². The minimum Gasteiger partial charge on any atom is -0.411 e. The molecule has 130 valence electrons. The van der Waals surface area contributed by atoms with E-state index in [9.17, 15) is 0 Å². The number of unbranched alkanes of at least 4 members (excludes halogenated alkanes) is 1. The second-order valence-electron chi connectivity index (χ2n) is 8.01. The number of hydrogen-bond acceptors (Lipinski definition) is 4. The monoisotopic (exact) mass is 337 g/mol. The maximum Gasteiger partial charge on any atom is 0.486 e. The Bertz CT molecular complexity index is 465. The minimum atomic E-state index is -2.01. The van der Waals surface area contributed by atoms with Gasteiger partial charge in [0, 0.05) is 12.5 Å². The Labute approximate surface area is 143 Å². The van der Waals surface area contributed by atoms with Crippen LogP contribution in [0.1, 0.15) is 60.8 Å². The SMILES string of the molecule is CC(C)O[Si](C)(C)/C(=C\B1OC(C)(C)C(C)(C)O1)CCCC#N. The molecule has 1 saturated heterocycles. The number of nitrogens with zero attached hydrogens (tertiary/aromatic N) is 1. The third-order valence-electron chi connectivity index (χ3n) is 4.65. The van der Waals surface area contributed by atoms with Gasteiger partial charge >= 0.3 is 7.12 Å². The Morgan fingerprint density at radius 1 is 1.22 bits per heavy atom. The number of allylic oxidation sites excluding steroid dienone is 1. The summed E-state index contributed by atoms with van der Waals surface area (Å²) >= 11 is 0. The van der Waals surface area contributed by atoms with Gasteiger partial charge in [-0.2, -0.15) is 5.26 Å². The van der Waals surface area contributed by atoms with E-state index in [1.807, 2.05) is 0 Å². The summed E-state index contributed by atoms with van der Waals surface area (Å²) in [5, 5.41) is 10.1. The first-order chi connectivity index (χ1) is 10.4. The van der Waals surface area contributed by atoms with Crippen molar-refractivity contribution in [2.45, 2.75) is 91.2 Å². The highest BCUT2D eigenvalue weighted by Gasteiger charge is 2.50. The molecule has 4 nitrogen and oxygen atoms in total. The summed E-state index contributed by atoms with van der Waals surface area (Å²) in [6.45, 7) is 16.8. The Hall–Kier alpha value is -0.608. The van der Waals surface area contributed by atoms with E-state index in [1.165, 1.54) is 5.20 Å². The van der Waals surface area contributed by atoms with Crippen LogP contribution in [0, 0.1) is 11.3 Å². The smallest absolute Gasteiger partial charge is 0.411 e. The number of hydrogen-bond donors (Lipinski definition) is 0. The molecule has 0 aromatic heterocycles. The molecule has 23 heavy (non-hydrogen) atoms. The fourth-order valence-corrected chi connectivity index (χ4v) is 5.38. The van der Waals surface area contributed by atoms with Crippen LogP contribution in [0.15, 0.2) is 11.2 Å². The van der Waals surface area contributed by atoms with Crippen molar-refractivity contribution < 1.29 is 13.7 Å². The first-order valence-electron chi connectivity index (χ1n) is 8.53. The average Bonchev–Trinajstić information content (AvgIpc) is 2.54. The summed E-state index contributed by atoms with van der Waals surface area (Å²) in [5.41, 5.74) is -0.674. The van der Waals surface area contributed by atoms with Crippen LogP contribution >= 0.6 is 0 Å². The number of rotatable bonds is 7. The van der Waals surface area contributed by atoms with Gasteiger partial charge < -0.3 is 13.7 Å². The van der Waals surface area contributed by atoms with Crippen molar-refractivity contribution in [2.75, 3.05) is 0 Å². The molecule has 6 heteroatoms. The molecular weight excluding hydrogens is 305 g/mol. The zero-order valence-corrected chi connectivity index (χ0v) is 17.0. The second-order valence-corrected chi connectivity index (χ2v) is 11.9. The van der Waals surface area contributed by atoms with Crippen LogP contribution in [0.5, 0.6) is 0 Å². The summed E-state index contributed by atoms with van der Waals surface area (Å²) in [6, 6.07) is 2.22. The molecule has 0 bridgehead atoms. The molecule has 0 atom stereocenters. The van der Waals surface area contributed by atoms with Gasteiger partial charge in [0.15, 0.2) is 0 Å². The van der Waals surface area contributed by atoms with Crippen LogP contribution in [0.3, 0.4) is 0 Å². The molecular formula is C17H32BNO3Si. The lowest BCUT2D eigenvalue weighted by atomic mass is 9.89. The van der Waals surface area contributed by atoms with Crippen molar-refractivity contribution in [3.8, 4) is 6.07 Å². The zero-order chi connectivity index (χ0) is 17.9. The molecule has 1 aliphatic heterocycles. The fourth-order valence-electron chi connectivity index (χ4n) is 2.73. The maximum atomic E-state index is 8.81. The van der Waals surface area contributed by atoms with E-state index in [1.54, 1.807) is 0 Å². The topological polar surface area (TPSA) is 51.5 Å². The van der Waals surface area contributed by atoms with Gasteiger partial charge in [-0.05, 0) is 67.5 Å². The molecule has 0 aromatic rings. The Morgan fingerprint density at radius 2 is 1.74 bits per heavy atom. The van der Waals surface area contributed by atoms with E-state index >= 15 is 0 Å². The van der Waals surface area contributed by atoms with E-state index in [2.05, 4.69) is 66.7 Å². The molecule has 0 N–H and O–H groups in total. The van der Waals surface area contributed by atoms with Crippen LogP contribution in [0.4, 0.5) is 0 Å². The van der Waals surface area contributed by atoms with Crippen LogP contribution in [-0.2, 0) is 13.7 Å². The lowest BCUT2D eigenvalue weighted by molar-refractivity contribution is 0.00578. The summed E-state index contributed by atoms with van der Waals surface area (Å²) in [5.74, 6) is 2.10. The third kappa shape index (κ3) is 5.46. The standard InChI is InChI=1S/C17H32BNO3Si/c1-14(2)20-23(7,8)15(11-9-10-12-19)13-18-21-16(3,4)17(5,6)22-18/h13-14H,9-11H2,1-8H3/b15-13-. The average molecular weight is 337 g/mol. The fraction of sp³-hybridized carbons (Fsp3) is 0.824. The van der Waals surface area contributed by atoms with Crippen molar-refractivity contribution in [2.24, 2.45) is 0 Å². The largest absolute Gasteiger partial charge is 0.486 e. The third-order valence-corrected chi connectivity index (χ3v) is 7.67. The van der Waals surface area contributed by atoms with Crippen LogP contribution in [0.2, 0.25) is 13.1 Å². The highest BCUT2D eigenvalue weighted by Crippen LogP contribution is 2.38. The first kappa shape index (κ1) is 20.4. The lowest BCUT2D eigenvalue weighted by Crippen LogP contribution is -2.41. The zero-order valence-electron chi connectivity index (χ0n) is 16.0. The van der Waals surface area contributed by atoms with Crippen molar-refractivity contribution in [3.05, 3.63) is 11.2 Å². The summed E-state index contributed by atoms with van der Waals surface area (Å²) in [6.07, 6.45) is 2.46. The van der Waals surface area contributed by atoms with Gasteiger partial charge in [-0.25, -0.2) is 0 Å². The molecule has 0 aliphatic carbocycles. The number of nitriles is 1. The minimum absolute atomic E-state index is 0.189. The summed E-state index contributed by atoms with van der Waals surface area (Å²) < 4.78 is 18.4. The van der Waals surface area contributed by atoms with Gasteiger partial charge in [0.1, 0.15) is 0 Å². The molecule has 1 aliphatic rings. The highest BCUT2D eigenvalue weighted by molar-refractivity contribution is 6.79. The Balaban J connectivity index is 2.98. The Kier molecular flexibility index (Phi) is 6.68. The predicted octanol–water partition coefficient (Wildman–Crippen LogP) is 4.41. The van der Waals surface area contributed by atoms with Crippen molar-refractivity contribution >= 4 is 15.4 Å². The van der Waals surface area contributed by atoms with Gasteiger partial charge in [-0.15, -0.1) is 0 Å². The first-order valence-corrected chi connectivity index (χ1v) is 11.4. The van der Waals surface area contributed by atoms with Crippen LogP contribution < -0.4 is 0 Å². The quantitative estimate of drug-likeness (QED) is 0.510. The van der Waals surface area contributed by atoms with Crippen LogP contribution in [-0.4, -0.2) is 32.7 Å². The summed E-state index contributed by atoms with van der Waals surface area (Å²) in [7, 11) is -2.36. The molecule has 0 amide bonds.